The van der Waals surface area contributed by atoms with Crippen LogP contribution in [0.1, 0.15) is 26.3 Å². The van der Waals surface area contributed by atoms with Gasteiger partial charge in [0.25, 0.3) is 0 Å². The molecule has 1 atom stereocenters. The highest BCUT2D eigenvalue weighted by molar-refractivity contribution is 5.73. The third kappa shape index (κ3) is 8.83. The van der Waals surface area contributed by atoms with Crippen LogP contribution >= 0.6 is 0 Å². The van der Waals surface area contributed by atoms with E-state index in [1.165, 1.54) is 12.1 Å². The molecule has 2 N–H and O–H groups in total. The number of hydrogen-bond acceptors (Lipinski definition) is 4. The largest absolute Gasteiger partial charge is 0.573 e. The number of aliphatic carboxylic acids is 1. The minimum atomic E-state index is -4.83. The molecule has 25 heavy (non-hydrogen) atoms. The van der Waals surface area contributed by atoms with Gasteiger partial charge in [0.1, 0.15) is 11.4 Å². The number of hydrogen-bond donors (Lipinski definition) is 2. The van der Waals surface area contributed by atoms with Gasteiger partial charge < -0.3 is 19.9 Å². The van der Waals surface area contributed by atoms with Crippen molar-refractivity contribution in [3.63, 3.8) is 0 Å². The fraction of sp³-hybridized carbons (Fsp3) is 0.500. The number of alkyl halides is 3. The van der Waals surface area contributed by atoms with E-state index in [4.69, 9.17) is 4.74 Å². The molecule has 0 heterocycles. The Morgan fingerprint density at radius 2 is 1.88 bits per heavy atom. The number of carboxylic acids is 1. The average molecular weight is 363 g/mol. The molecule has 0 saturated carbocycles. The Kier molecular flexibility index (Phi) is 6.66. The number of amides is 1. The molecule has 0 saturated heterocycles. The normalized spacial score (nSPS) is 13.0. The predicted octanol–water partition coefficient (Wildman–Crippen LogP) is 3.35. The molecule has 0 unspecified atom stereocenters. The van der Waals surface area contributed by atoms with Crippen LogP contribution in [0.25, 0.3) is 0 Å². The molecule has 9 heteroatoms. The highest BCUT2D eigenvalue weighted by atomic mass is 19.4. The lowest BCUT2D eigenvalue weighted by Crippen LogP contribution is -2.37. The first-order valence-electron chi connectivity index (χ1n) is 7.40. The minimum absolute atomic E-state index is 0.0831. The molecule has 0 radical (unpaired) electrons. The summed E-state index contributed by atoms with van der Waals surface area (Å²) >= 11 is 0. The highest BCUT2D eigenvalue weighted by Crippen LogP contribution is 2.24. The number of benzene rings is 1. The molecule has 6 nitrogen and oxygen atoms in total. The van der Waals surface area contributed by atoms with Crippen molar-refractivity contribution in [3.8, 4) is 5.75 Å². The molecule has 0 fully saturated rings. The lowest BCUT2D eigenvalue weighted by molar-refractivity contribution is -0.274. The maximum Gasteiger partial charge on any atom is 0.573 e. The van der Waals surface area contributed by atoms with Crippen molar-refractivity contribution in [2.45, 2.75) is 39.2 Å². The van der Waals surface area contributed by atoms with E-state index in [2.05, 4.69) is 10.1 Å². The molecular formula is C16H20F3NO5. The SMILES string of the molecule is CC(C)(C)OC(=O)NC[C@@H](Cc1cccc(OC(F)(F)F)c1)C(=O)O. The van der Waals surface area contributed by atoms with Crippen LogP contribution in [-0.2, 0) is 16.0 Å². The Bertz CT molecular complexity index is 611. The number of alkyl carbamates (subject to hydrolysis) is 1. The number of carbonyl (C=O) groups excluding carboxylic acids is 1. The predicted molar refractivity (Wildman–Crippen MR) is 82.2 cm³/mol. The van der Waals surface area contributed by atoms with Gasteiger partial charge in [0.05, 0.1) is 5.92 Å². The molecule has 1 amide bonds. The summed E-state index contributed by atoms with van der Waals surface area (Å²) in [6.45, 7) is 4.75. The Labute approximate surface area is 142 Å². The van der Waals surface area contributed by atoms with Crippen LogP contribution in [-0.4, -0.2) is 35.7 Å². The van der Waals surface area contributed by atoms with Gasteiger partial charge in [-0.3, -0.25) is 4.79 Å². The molecule has 1 aromatic carbocycles. The van der Waals surface area contributed by atoms with E-state index < -0.39 is 35.7 Å². The molecule has 0 aromatic heterocycles. The maximum absolute atomic E-state index is 12.2. The Balaban J connectivity index is 2.71. The first kappa shape index (κ1) is 20.6. The van der Waals surface area contributed by atoms with Crippen LogP contribution in [0.3, 0.4) is 0 Å². The summed E-state index contributed by atoms with van der Waals surface area (Å²) in [6.07, 6.45) is -5.68. The van der Waals surface area contributed by atoms with Crippen molar-refractivity contribution in [1.29, 1.82) is 0 Å². The quantitative estimate of drug-likeness (QED) is 0.810. The second-order valence-electron chi connectivity index (χ2n) is 6.32. The van der Waals surface area contributed by atoms with E-state index in [9.17, 15) is 27.9 Å². The van der Waals surface area contributed by atoms with Gasteiger partial charge in [-0.1, -0.05) is 12.1 Å². The van der Waals surface area contributed by atoms with Gasteiger partial charge in [0.15, 0.2) is 0 Å². The van der Waals surface area contributed by atoms with Crippen LogP contribution < -0.4 is 10.1 Å². The van der Waals surface area contributed by atoms with Crippen molar-refractivity contribution < 1.29 is 37.3 Å². The van der Waals surface area contributed by atoms with E-state index in [1.54, 1.807) is 20.8 Å². The van der Waals surface area contributed by atoms with Crippen molar-refractivity contribution in [2.24, 2.45) is 5.92 Å². The minimum Gasteiger partial charge on any atom is -0.481 e. The van der Waals surface area contributed by atoms with Crippen molar-refractivity contribution >= 4 is 12.1 Å². The van der Waals surface area contributed by atoms with Gasteiger partial charge >= 0.3 is 18.4 Å². The third-order valence-corrected chi connectivity index (χ3v) is 2.86. The molecule has 0 aliphatic rings. The third-order valence-electron chi connectivity index (χ3n) is 2.86. The molecule has 1 rings (SSSR count). The molecule has 0 aliphatic carbocycles. The fourth-order valence-electron chi connectivity index (χ4n) is 1.92. The van der Waals surface area contributed by atoms with Gasteiger partial charge in [-0.05, 0) is 44.9 Å². The summed E-state index contributed by atoms with van der Waals surface area (Å²) in [5, 5.41) is 11.6. The first-order chi connectivity index (χ1) is 11.4. The molecular weight excluding hydrogens is 343 g/mol. The van der Waals surface area contributed by atoms with Gasteiger partial charge in [-0.2, -0.15) is 0 Å². The highest BCUT2D eigenvalue weighted by Gasteiger charge is 2.31. The van der Waals surface area contributed by atoms with E-state index in [-0.39, 0.29) is 13.0 Å². The number of halogens is 3. The molecule has 0 aliphatic heterocycles. The molecule has 0 spiro atoms. The van der Waals surface area contributed by atoms with Crippen LogP contribution in [0, 0.1) is 5.92 Å². The summed E-state index contributed by atoms with van der Waals surface area (Å²) in [5.41, 5.74) is -0.397. The van der Waals surface area contributed by atoms with Crippen LogP contribution in [0.2, 0.25) is 0 Å². The molecule has 140 valence electrons. The van der Waals surface area contributed by atoms with Crippen molar-refractivity contribution in [2.75, 3.05) is 6.54 Å². The van der Waals surface area contributed by atoms with E-state index in [1.807, 2.05) is 0 Å². The average Bonchev–Trinajstić information content (AvgIpc) is 2.39. The van der Waals surface area contributed by atoms with Crippen molar-refractivity contribution in [3.05, 3.63) is 29.8 Å². The summed E-state index contributed by atoms with van der Waals surface area (Å²) in [5.74, 6) is -2.67. The monoisotopic (exact) mass is 363 g/mol. The number of carboxylic acid groups (broad SMARTS) is 1. The first-order valence-corrected chi connectivity index (χ1v) is 7.40. The maximum atomic E-state index is 12.2. The van der Waals surface area contributed by atoms with Crippen LogP contribution in [0.5, 0.6) is 5.75 Å². The topological polar surface area (TPSA) is 84.9 Å². The van der Waals surface area contributed by atoms with Gasteiger partial charge in [0, 0.05) is 6.54 Å². The van der Waals surface area contributed by atoms with Crippen molar-refractivity contribution in [1.82, 2.24) is 5.32 Å². The summed E-state index contributed by atoms with van der Waals surface area (Å²) in [4.78, 5) is 22.9. The Morgan fingerprint density at radius 1 is 1.24 bits per heavy atom. The standard InChI is InChI=1S/C16H20F3NO5/c1-15(2,3)25-14(23)20-9-11(13(21)22)7-10-5-4-6-12(8-10)24-16(17,18)19/h4-6,8,11H,7,9H2,1-3H3,(H,20,23)(H,21,22)/t11-/m1/s1. The summed E-state index contributed by atoms with van der Waals surface area (Å²) in [7, 11) is 0. The lowest BCUT2D eigenvalue weighted by Gasteiger charge is -2.21. The van der Waals surface area contributed by atoms with Gasteiger partial charge in [0.2, 0.25) is 0 Å². The zero-order chi connectivity index (χ0) is 19.3. The Hall–Kier alpha value is -2.45. The number of ether oxygens (including phenoxy) is 2. The summed E-state index contributed by atoms with van der Waals surface area (Å²) in [6, 6.07) is 5.03. The van der Waals surface area contributed by atoms with E-state index >= 15 is 0 Å². The fourth-order valence-corrected chi connectivity index (χ4v) is 1.92. The second kappa shape index (κ2) is 8.09. The smallest absolute Gasteiger partial charge is 0.481 e. The van der Waals surface area contributed by atoms with Gasteiger partial charge in [-0.15, -0.1) is 13.2 Å². The molecule has 1 aromatic rings. The van der Waals surface area contributed by atoms with E-state index in [0.29, 0.717) is 5.56 Å². The zero-order valence-corrected chi connectivity index (χ0v) is 14.0. The Morgan fingerprint density at radius 3 is 2.40 bits per heavy atom. The van der Waals surface area contributed by atoms with Crippen LogP contribution in [0.15, 0.2) is 24.3 Å². The summed E-state index contributed by atoms with van der Waals surface area (Å²) < 4.78 is 45.5. The van der Waals surface area contributed by atoms with Crippen LogP contribution in [0.4, 0.5) is 18.0 Å². The van der Waals surface area contributed by atoms with Gasteiger partial charge in [-0.25, -0.2) is 4.79 Å². The number of rotatable bonds is 6. The van der Waals surface area contributed by atoms with E-state index in [0.717, 1.165) is 12.1 Å². The zero-order valence-electron chi connectivity index (χ0n) is 14.0. The number of carbonyl (C=O) groups is 2. The lowest BCUT2D eigenvalue weighted by atomic mass is 9.99. The number of nitrogens with one attached hydrogen (secondary N) is 1. The molecule has 0 bridgehead atoms. The second-order valence-corrected chi connectivity index (χ2v) is 6.32.